The number of H-pyrrole nitrogens is 1. The second-order valence-electron chi connectivity index (χ2n) is 6.15. The fourth-order valence-electron chi connectivity index (χ4n) is 2.90. The number of aromatic nitrogens is 4. The van der Waals surface area contributed by atoms with Crippen molar-refractivity contribution >= 4 is 5.91 Å². The summed E-state index contributed by atoms with van der Waals surface area (Å²) >= 11 is 0. The van der Waals surface area contributed by atoms with Crippen LogP contribution in [0.25, 0.3) is 5.69 Å². The van der Waals surface area contributed by atoms with Gasteiger partial charge in [0.25, 0.3) is 5.91 Å². The van der Waals surface area contributed by atoms with Crippen LogP contribution in [0.5, 0.6) is 5.75 Å². The van der Waals surface area contributed by atoms with Gasteiger partial charge in [-0.3, -0.25) is 9.89 Å². The smallest absolute Gasteiger partial charge is 0.272 e. The number of carbonyl (C=O) groups is 1. The van der Waals surface area contributed by atoms with E-state index in [1.165, 1.54) is 0 Å². The van der Waals surface area contributed by atoms with Gasteiger partial charge < -0.3 is 14.8 Å². The fourth-order valence-corrected chi connectivity index (χ4v) is 2.90. The van der Waals surface area contributed by atoms with Crippen molar-refractivity contribution in [3.8, 4) is 11.4 Å². The minimum atomic E-state index is -0.270. The fraction of sp³-hybridized carbons (Fsp3) is 0.278. The topological polar surface area (TPSA) is 94.1 Å². The summed E-state index contributed by atoms with van der Waals surface area (Å²) in [4.78, 5) is 12.7. The molecule has 2 aromatic heterocycles. The monoisotopic (exact) mass is 353 g/mol. The summed E-state index contributed by atoms with van der Waals surface area (Å²) in [5.41, 5.74) is 2.10. The molecular weight excluding hydrogens is 334 g/mol. The summed E-state index contributed by atoms with van der Waals surface area (Å²) in [6.45, 7) is 2.67. The standard InChI is InChI=1S/C18H19N5O3/c1-12-9-23(13-5-3-2-4-6-13)22-17(12)18(24)21-15-10-25-11-16(15)26-14-7-19-20-8-14/h2-9,15-16H,10-11H2,1H3,(H,19,20)(H,21,24)/t15-,16+/m0/s1. The maximum atomic E-state index is 12.7. The molecule has 1 aliphatic rings. The van der Waals surface area contributed by atoms with Crippen molar-refractivity contribution in [3.63, 3.8) is 0 Å². The zero-order valence-electron chi connectivity index (χ0n) is 14.3. The second-order valence-corrected chi connectivity index (χ2v) is 6.15. The van der Waals surface area contributed by atoms with Gasteiger partial charge in [-0.25, -0.2) is 4.68 Å². The first kappa shape index (κ1) is 16.3. The Morgan fingerprint density at radius 3 is 2.96 bits per heavy atom. The Kier molecular flexibility index (Phi) is 4.40. The molecule has 0 aliphatic carbocycles. The Bertz CT molecular complexity index is 876. The summed E-state index contributed by atoms with van der Waals surface area (Å²) in [5, 5.41) is 13.9. The number of amides is 1. The molecule has 4 rings (SSSR count). The Balaban J connectivity index is 1.47. The van der Waals surface area contributed by atoms with Crippen LogP contribution >= 0.6 is 0 Å². The molecule has 8 nitrogen and oxygen atoms in total. The molecule has 2 atom stereocenters. The van der Waals surface area contributed by atoms with Gasteiger partial charge in [-0.05, 0) is 19.1 Å². The van der Waals surface area contributed by atoms with Crippen molar-refractivity contribution < 1.29 is 14.3 Å². The molecular formula is C18H19N5O3. The Morgan fingerprint density at radius 2 is 2.19 bits per heavy atom. The molecule has 8 heteroatoms. The number of ether oxygens (including phenoxy) is 2. The summed E-state index contributed by atoms with van der Waals surface area (Å²) in [6, 6.07) is 9.42. The molecule has 1 amide bonds. The molecule has 1 aliphatic heterocycles. The van der Waals surface area contributed by atoms with Gasteiger partial charge in [0.05, 0.1) is 37.3 Å². The second kappa shape index (κ2) is 7.01. The number of carbonyl (C=O) groups excluding carboxylic acids is 1. The maximum absolute atomic E-state index is 12.7. The predicted molar refractivity (Wildman–Crippen MR) is 93.4 cm³/mol. The minimum absolute atomic E-state index is 0.242. The van der Waals surface area contributed by atoms with Crippen LogP contribution in [0, 0.1) is 6.92 Å². The van der Waals surface area contributed by atoms with E-state index < -0.39 is 0 Å². The van der Waals surface area contributed by atoms with Crippen LogP contribution in [-0.2, 0) is 4.74 Å². The van der Waals surface area contributed by atoms with Crippen LogP contribution in [0.15, 0.2) is 48.9 Å². The molecule has 1 saturated heterocycles. The van der Waals surface area contributed by atoms with Gasteiger partial charge in [0.1, 0.15) is 6.10 Å². The van der Waals surface area contributed by atoms with E-state index in [9.17, 15) is 4.79 Å². The highest BCUT2D eigenvalue weighted by Crippen LogP contribution is 2.17. The summed E-state index contributed by atoms with van der Waals surface area (Å²) in [5.74, 6) is 0.373. The van der Waals surface area contributed by atoms with Crippen LogP contribution in [0.4, 0.5) is 0 Å². The first-order chi connectivity index (χ1) is 12.7. The number of nitrogens with one attached hydrogen (secondary N) is 2. The highest BCUT2D eigenvalue weighted by Gasteiger charge is 2.32. The number of benzene rings is 1. The van der Waals surface area contributed by atoms with Gasteiger partial charge in [0, 0.05) is 11.8 Å². The number of nitrogens with zero attached hydrogens (tertiary/aromatic N) is 3. The molecule has 3 heterocycles. The third-order valence-corrected chi connectivity index (χ3v) is 4.24. The van der Waals surface area contributed by atoms with Crippen molar-refractivity contribution in [2.24, 2.45) is 0 Å². The molecule has 134 valence electrons. The van der Waals surface area contributed by atoms with Crippen LogP contribution in [0.2, 0.25) is 0 Å². The SMILES string of the molecule is Cc1cn(-c2ccccc2)nc1C(=O)N[C@H]1COC[C@H]1Oc1cn[nH]c1. The zero-order valence-corrected chi connectivity index (χ0v) is 14.3. The quantitative estimate of drug-likeness (QED) is 0.725. The van der Waals surface area contributed by atoms with Gasteiger partial charge in [0.2, 0.25) is 0 Å². The Labute approximate surface area is 150 Å². The summed E-state index contributed by atoms with van der Waals surface area (Å²) in [7, 11) is 0. The van der Waals surface area contributed by atoms with E-state index in [2.05, 4.69) is 20.6 Å². The number of aromatic amines is 1. The van der Waals surface area contributed by atoms with Gasteiger partial charge in [-0.1, -0.05) is 18.2 Å². The van der Waals surface area contributed by atoms with Gasteiger partial charge in [-0.15, -0.1) is 0 Å². The van der Waals surface area contributed by atoms with Crippen molar-refractivity contribution in [1.82, 2.24) is 25.3 Å². The van der Waals surface area contributed by atoms with E-state index in [1.54, 1.807) is 17.1 Å². The van der Waals surface area contributed by atoms with E-state index in [0.29, 0.717) is 24.7 Å². The first-order valence-electron chi connectivity index (χ1n) is 8.36. The lowest BCUT2D eigenvalue weighted by Gasteiger charge is -2.19. The lowest BCUT2D eigenvalue weighted by Crippen LogP contribution is -2.45. The molecule has 1 fully saturated rings. The highest BCUT2D eigenvalue weighted by atomic mass is 16.5. The minimum Gasteiger partial charge on any atom is -0.482 e. The third kappa shape index (κ3) is 3.31. The number of hydrogen-bond acceptors (Lipinski definition) is 5. The zero-order chi connectivity index (χ0) is 17.9. The molecule has 26 heavy (non-hydrogen) atoms. The van der Waals surface area contributed by atoms with E-state index in [4.69, 9.17) is 9.47 Å². The van der Waals surface area contributed by atoms with Gasteiger partial charge >= 0.3 is 0 Å². The summed E-state index contributed by atoms with van der Waals surface area (Å²) in [6.07, 6.45) is 4.81. The predicted octanol–water partition coefficient (Wildman–Crippen LogP) is 1.48. The van der Waals surface area contributed by atoms with E-state index in [1.807, 2.05) is 43.5 Å². The Hall–Kier alpha value is -3.13. The molecule has 0 unspecified atom stereocenters. The largest absolute Gasteiger partial charge is 0.482 e. The third-order valence-electron chi connectivity index (χ3n) is 4.24. The van der Waals surface area contributed by atoms with Crippen molar-refractivity contribution in [1.29, 1.82) is 0 Å². The Morgan fingerprint density at radius 1 is 1.35 bits per heavy atom. The van der Waals surface area contributed by atoms with E-state index in [0.717, 1.165) is 11.3 Å². The normalized spacial score (nSPS) is 19.4. The number of aryl methyl sites for hydroxylation is 1. The molecule has 1 aromatic carbocycles. The maximum Gasteiger partial charge on any atom is 0.272 e. The van der Waals surface area contributed by atoms with Crippen LogP contribution < -0.4 is 10.1 Å². The van der Waals surface area contributed by atoms with Crippen LogP contribution in [0.3, 0.4) is 0 Å². The van der Waals surface area contributed by atoms with Gasteiger partial charge in [0.15, 0.2) is 11.4 Å². The van der Waals surface area contributed by atoms with Crippen LogP contribution in [0.1, 0.15) is 16.1 Å². The molecule has 3 aromatic rings. The molecule has 2 N–H and O–H groups in total. The first-order valence-corrected chi connectivity index (χ1v) is 8.36. The molecule has 0 radical (unpaired) electrons. The number of rotatable bonds is 5. The molecule has 0 spiro atoms. The average molecular weight is 353 g/mol. The van der Waals surface area contributed by atoms with Gasteiger partial charge in [-0.2, -0.15) is 10.2 Å². The lowest BCUT2D eigenvalue weighted by atomic mass is 10.2. The molecule has 0 saturated carbocycles. The lowest BCUT2D eigenvalue weighted by molar-refractivity contribution is 0.0898. The van der Waals surface area contributed by atoms with E-state index >= 15 is 0 Å². The highest BCUT2D eigenvalue weighted by molar-refractivity contribution is 5.93. The number of para-hydroxylation sites is 1. The van der Waals surface area contributed by atoms with Crippen molar-refractivity contribution in [2.45, 2.75) is 19.1 Å². The molecule has 0 bridgehead atoms. The van der Waals surface area contributed by atoms with Crippen molar-refractivity contribution in [2.75, 3.05) is 13.2 Å². The summed E-state index contributed by atoms with van der Waals surface area (Å²) < 4.78 is 13.0. The van der Waals surface area contributed by atoms with E-state index in [-0.39, 0.29) is 18.1 Å². The van der Waals surface area contributed by atoms with Crippen LogP contribution in [-0.4, -0.2) is 51.2 Å². The van der Waals surface area contributed by atoms with Crippen molar-refractivity contribution in [3.05, 3.63) is 60.2 Å². The number of hydrogen-bond donors (Lipinski definition) is 2. The average Bonchev–Trinajstić information content (AvgIpc) is 3.39.